The highest BCUT2D eigenvalue weighted by molar-refractivity contribution is 5.76. The molecule has 3 heterocycles. The molecule has 3 aliphatic heterocycles. The molecule has 3 saturated heterocycles. The number of amides is 2. The summed E-state index contributed by atoms with van der Waals surface area (Å²) in [4.78, 5) is 47.2. The summed E-state index contributed by atoms with van der Waals surface area (Å²) in [6, 6.07) is -3.01. The minimum Gasteiger partial charge on any atom is -0.477 e. The second kappa shape index (κ2) is 17.0. The van der Waals surface area contributed by atoms with Crippen molar-refractivity contribution < 1.29 is 98.7 Å². The van der Waals surface area contributed by atoms with E-state index in [1.165, 1.54) is 0 Å². The Morgan fingerprint density at radius 1 is 0.857 bits per heavy atom. The zero-order chi connectivity index (χ0) is 37.0. The summed E-state index contributed by atoms with van der Waals surface area (Å²) < 4.78 is 32.0. The molecule has 0 radical (unpaired) electrons. The molecule has 49 heavy (non-hydrogen) atoms. The van der Waals surface area contributed by atoms with E-state index in [1.807, 2.05) is 0 Å². The van der Waals surface area contributed by atoms with Gasteiger partial charge in [-0.05, 0) is 0 Å². The molecule has 0 aromatic carbocycles. The molecule has 2 amide bonds. The number of hydrogen-bond acceptors (Lipinski definition) is 19. The summed E-state index contributed by atoms with van der Waals surface area (Å²) in [5.74, 6) is -7.03. The standard InChI is InChI=1S/C27H44N2O20/c1-8(31)28-15-11(34)4-27(26(42)43,49-23(15)17(36)12(35)6-44-10(3)33)45-7-14-18(37)20(39)21(40)25(47-14)48-22-13(5-30)46-24(41)16(19(22)38)29-9(2)32/h11-25,30,34-41H,4-7H2,1-3H3,(H,28,31)(H,29,32)(H,42,43)/t11-,12+,13+,14+,15+,16+,17+,18-,19+,20-,21+,22+,23+,24?,25-,27+/m0/s1. The van der Waals surface area contributed by atoms with Crippen LogP contribution in [0, 0.1) is 0 Å². The maximum absolute atomic E-state index is 12.5. The van der Waals surface area contributed by atoms with Crippen LogP contribution in [-0.4, -0.2) is 192 Å². The van der Waals surface area contributed by atoms with E-state index in [0.717, 1.165) is 20.8 Å². The molecule has 0 aliphatic carbocycles. The lowest BCUT2D eigenvalue weighted by molar-refractivity contribution is -0.358. The topological polar surface area (TPSA) is 350 Å². The van der Waals surface area contributed by atoms with Crippen LogP contribution in [0.4, 0.5) is 0 Å². The highest BCUT2D eigenvalue weighted by Crippen LogP contribution is 2.35. The molecule has 0 aromatic heterocycles. The quantitative estimate of drug-likeness (QED) is 0.0787. The van der Waals surface area contributed by atoms with E-state index in [4.69, 9.17) is 23.7 Å². The van der Waals surface area contributed by atoms with E-state index in [9.17, 15) is 70.2 Å². The normalized spacial score (nSPS) is 40.9. The fraction of sp³-hybridized carbons (Fsp3) is 0.852. The van der Waals surface area contributed by atoms with Crippen molar-refractivity contribution in [3.8, 4) is 0 Å². The van der Waals surface area contributed by atoms with E-state index < -0.39 is 148 Å². The van der Waals surface area contributed by atoms with Crippen molar-refractivity contribution in [2.75, 3.05) is 19.8 Å². The molecule has 0 bridgehead atoms. The van der Waals surface area contributed by atoms with Crippen LogP contribution < -0.4 is 10.6 Å². The third kappa shape index (κ3) is 9.56. The summed E-state index contributed by atoms with van der Waals surface area (Å²) in [5.41, 5.74) is 0. The van der Waals surface area contributed by atoms with Crippen LogP contribution in [0.2, 0.25) is 0 Å². The summed E-state index contributed by atoms with van der Waals surface area (Å²) in [7, 11) is 0. The van der Waals surface area contributed by atoms with Crippen LogP contribution in [0.1, 0.15) is 27.2 Å². The van der Waals surface area contributed by atoms with Gasteiger partial charge in [-0.15, -0.1) is 0 Å². The number of ether oxygens (including phenoxy) is 6. The molecule has 3 fully saturated rings. The van der Waals surface area contributed by atoms with E-state index >= 15 is 0 Å². The number of esters is 1. The molecule has 0 spiro atoms. The van der Waals surface area contributed by atoms with E-state index in [2.05, 4.69) is 15.4 Å². The monoisotopic (exact) mass is 716 g/mol. The predicted molar refractivity (Wildman–Crippen MR) is 151 cm³/mol. The second-order valence-electron chi connectivity index (χ2n) is 11.9. The smallest absolute Gasteiger partial charge is 0.364 e. The Morgan fingerprint density at radius 3 is 2.02 bits per heavy atom. The first-order valence-corrected chi connectivity index (χ1v) is 15.1. The number of hydrogen-bond donors (Lipinski definition) is 12. The SMILES string of the molecule is CC(=O)N[C@H]1[C@H]([C@H](O)[C@H](O)COC(C)=O)O[C@@](OC[C@H]2O[C@@H](O[C@H]3[C@H](O)[C@@H](NC(C)=O)C(O)O[C@@H]3CO)[C@H](O)[C@@H](O)[C@H]2O)(C(=O)O)C[C@@H]1O. The average molecular weight is 717 g/mol. The van der Waals surface area contributed by atoms with Gasteiger partial charge in [0.15, 0.2) is 12.6 Å². The molecule has 282 valence electrons. The first kappa shape index (κ1) is 40.7. The molecule has 16 atom stereocenters. The highest BCUT2D eigenvalue weighted by atomic mass is 16.8. The van der Waals surface area contributed by atoms with E-state index in [-0.39, 0.29) is 0 Å². The number of aliphatic hydroxyl groups excluding tert-OH is 9. The average Bonchev–Trinajstić information content (AvgIpc) is 3.02. The zero-order valence-electron chi connectivity index (χ0n) is 26.5. The van der Waals surface area contributed by atoms with E-state index in [0.29, 0.717) is 0 Å². The van der Waals surface area contributed by atoms with Gasteiger partial charge < -0.3 is 90.1 Å². The van der Waals surface area contributed by atoms with Gasteiger partial charge in [0.25, 0.3) is 5.79 Å². The van der Waals surface area contributed by atoms with Crippen LogP contribution in [0.5, 0.6) is 0 Å². The minimum absolute atomic E-state index is 0.683. The van der Waals surface area contributed by atoms with Crippen molar-refractivity contribution in [1.29, 1.82) is 0 Å². The zero-order valence-corrected chi connectivity index (χ0v) is 26.5. The second-order valence-corrected chi connectivity index (χ2v) is 11.9. The van der Waals surface area contributed by atoms with Crippen molar-refractivity contribution >= 4 is 23.8 Å². The fourth-order valence-electron chi connectivity index (χ4n) is 5.65. The Balaban J connectivity index is 1.84. The lowest BCUT2D eigenvalue weighted by Crippen LogP contribution is -2.69. The number of nitrogens with one attached hydrogen (secondary N) is 2. The molecule has 1 unspecified atom stereocenters. The van der Waals surface area contributed by atoms with Gasteiger partial charge in [-0.2, -0.15) is 0 Å². The van der Waals surface area contributed by atoms with Crippen LogP contribution in [0.25, 0.3) is 0 Å². The Bertz CT molecular complexity index is 1160. The number of aliphatic hydroxyl groups is 9. The Morgan fingerprint density at radius 2 is 1.47 bits per heavy atom. The first-order valence-electron chi connectivity index (χ1n) is 15.1. The lowest BCUT2D eigenvalue weighted by Gasteiger charge is -2.48. The van der Waals surface area contributed by atoms with Crippen LogP contribution in [0.3, 0.4) is 0 Å². The van der Waals surface area contributed by atoms with Gasteiger partial charge in [0, 0.05) is 27.2 Å². The number of aliphatic carboxylic acids is 1. The molecule has 12 N–H and O–H groups in total. The van der Waals surface area contributed by atoms with Gasteiger partial charge in [-0.1, -0.05) is 0 Å². The molecule has 22 nitrogen and oxygen atoms in total. The van der Waals surface area contributed by atoms with Gasteiger partial charge in [0.2, 0.25) is 11.8 Å². The van der Waals surface area contributed by atoms with Gasteiger partial charge in [-0.25, -0.2) is 4.79 Å². The lowest BCUT2D eigenvalue weighted by atomic mass is 9.88. The van der Waals surface area contributed by atoms with Gasteiger partial charge >= 0.3 is 11.9 Å². The molecular weight excluding hydrogens is 672 g/mol. The number of carbonyl (C=O) groups is 4. The molecule has 0 saturated carbocycles. The Kier molecular flexibility index (Phi) is 14.2. The van der Waals surface area contributed by atoms with Crippen molar-refractivity contribution in [1.82, 2.24) is 10.6 Å². The number of carboxylic acid groups (broad SMARTS) is 1. The summed E-state index contributed by atoms with van der Waals surface area (Å²) >= 11 is 0. The Labute approximate surface area is 278 Å². The third-order valence-corrected chi connectivity index (χ3v) is 8.14. The summed E-state index contributed by atoms with van der Waals surface area (Å²) in [6.07, 6.45) is -25.1. The third-order valence-electron chi connectivity index (χ3n) is 8.14. The van der Waals surface area contributed by atoms with Crippen molar-refractivity contribution in [2.45, 2.75) is 125 Å². The number of carboxylic acids is 1. The maximum atomic E-state index is 12.5. The number of rotatable bonds is 13. The predicted octanol–water partition coefficient (Wildman–Crippen LogP) is -7.51. The van der Waals surface area contributed by atoms with Gasteiger partial charge in [0.1, 0.15) is 73.7 Å². The maximum Gasteiger partial charge on any atom is 0.364 e. The van der Waals surface area contributed by atoms with Crippen LogP contribution >= 0.6 is 0 Å². The first-order chi connectivity index (χ1) is 22.8. The summed E-state index contributed by atoms with van der Waals surface area (Å²) in [5, 5.41) is 109. The largest absolute Gasteiger partial charge is 0.477 e. The van der Waals surface area contributed by atoms with Crippen molar-refractivity contribution in [2.24, 2.45) is 0 Å². The minimum atomic E-state index is -2.88. The number of carbonyl (C=O) groups excluding carboxylic acids is 3. The van der Waals surface area contributed by atoms with Crippen LogP contribution in [0.15, 0.2) is 0 Å². The van der Waals surface area contributed by atoms with Gasteiger partial charge in [0.05, 0.1) is 25.4 Å². The van der Waals surface area contributed by atoms with E-state index in [1.54, 1.807) is 0 Å². The summed E-state index contributed by atoms with van der Waals surface area (Å²) in [6.45, 7) is 0.510. The highest BCUT2D eigenvalue weighted by Gasteiger charge is 2.57. The molecule has 0 aromatic rings. The molecule has 3 aliphatic rings. The molecule has 3 rings (SSSR count). The Hall–Kier alpha value is -2.68. The fourth-order valence-corrected chi connectivity index (χ4v) is 5.65. The molecular formula is C27H44N2O20. The van der Waals surface area contributed by atoms with Crippen molar-refractivity contribution in [3.63, 3.8) is 0 Å². The molecule has 22 heteroatoms. The van der Waals surface area contributed by atoms with Crippen molar-refractivity contribution in [3.05, 3.63) is 0 Å². The van der Waals surface area contributed by atoms with Crippen LogP contribution in [-0.2, 0) is 47.6 Å². The van der Waals surface area contributed by atoms with Gasteiger partial charge in [-0.3, -0.25) is 14.4 Å².